The van der Waals surface area contributed by atoms with Crippen LogP contribution in [0.4, 0.5) is 0 Å². The van der Waals surface area contributed by atoms with Gasteiger partial charge in [-0.3, -0.25) is 9.59 Å². The molecule has 7 heteroatoms. The molecule has 0 aromatic heterocycles. The Morgan fingerprint density at radius 2 is 1.79 bits per heavy atom. The molecule has 1 atom stereocenters. The molecule has 1 unspecified atom stereocenters. The van der Waals surface area contributed by atoms with Gasteiger partial charge in [0.2, 0.25) is 0 Å². The predicted octanol–water partition coefficient (Wildman–Crippen LogP) is 4.37. The average molecular weight is 433 g/mol. The van der Waals surface area contributed by atoms with E-state index in [9.17, 15) is 14.7 Å². The topological polar surface area (TPSA) is 60.9 Å². The first-order valence-corrected chi connectivity index (χ1v) is 10.0. The fourth-order valence-corrected chi connectivity index (χ4v) is 3.98. The molecule has 1 amide bonds. The first kappa shape index (κ1) is 21.4. The molecule has 1 heterocycles. The Balaban J connectivity index is 2.12. The maximum atomic E-state index is 12.9. The normalized spacial score (nSPS) is 18.7. The SMILES string of the molecule is CN(C)CCCN1C(=O)C(=O)C(=C(O)c2ccccc2)C1c1ccc(Cl)cc1Cl. The fraction of sp³-hybridized carbons (Fsp3) is 0.273. The van der Waals surface area contributed by atoms with Gasteiger partial charge in [-0.25, -0.2) is 0 Å². The number of ketones is 1. The maximum Gasteiger partial charge on any atom is 0.295 e. The minimum absolute atomic E-state index is 0.0373. The quantitative estimate of drug-likeness (QED) is 0.418. The summed E-state index contributed by atoms with van der Waals surface area (Å²) in [6.07, 6.45) is 0.674. The third kappa shape index (κ3) is 4.47. The first-order valence-electron chi connectivity index (χ1n) is 9.24. The molecule has 0 saturated carbocycles. The van der Waals surface area contributed by atoms with Gasteiger partial charge in [-0.15, -0.1) is 0 Å². The molecule has 0 spiro atoms. The van der Waals surface area contributed by atoms with E-state index in [1.165, 1.54) is 4.90 Å². The van der Waals surface area contributed by atoms with E-state index in [2.05, 4.69) is 0 Å². The minimum Gasteiger partial charge on any atom is -0.507 e. The number of aliphatic hydroxyl groups excluding tert-OH is 1. The highest BCUT2D eigenvalue weighted by atomic mass is 35.5. The van der Waals surface area contributed by atoms with Crippen molar-refractivity contribution >= 4 is 40.7 Å². The highest BCUT2D eigenvalue weighted by Gasteiger charge is 2.46. The number of halogens is 2. The first-order chi connectivity index (χ1) is 13.8. The van der Waals surface area contributed by atoms with E-state index in [4.69, 9.17) is 23.2 Å². The van der Waals surface area contributed by atoms with Gasteiger partial charge in [-0.1, -0.05) is 59.6 Å². The summed E-state index contributed by atoms with van der Waals surface area (Å²) in [7, 11) is 3.88. The highest BCUT2D eigenvalue weighted by Crippen LogP contribution is 2.42. The van der Waals surface area contributed by atoms with Crippen LogP contribution in [0.25, 0.3) is 5.76 Å². The molecule has 2 aromatic rings. The lowest BCUT2D eigenvalue weighted by atomic mass is 9.95. The number of nitrogens with zero attached hydrogens (tertiary/aromatic N) is 2. The van der Waals surface area contributed by atoms with E-state index in [1.807, 2.05) is 25.1 Å². The van der Waals surface area contributed by atoms with Crippen LogP contribution in [0, 0.1) is 0 Å². The molecule has 1 aliphatic heterocycles. The number of likely N-dealkylation sites (tertiary alicyclic amines) is 1. The zero-order valence-electron chi connectivity index (χ0n) is 16.2. The summed E-state index contributed by atoms with van der Waals surface area (Å²) in [6, 6.07) is 12.8. The molecule has 5 nitrogen and oxygen atoms in total. The Labute approximate surface area is 180 Å². The molecular weight excluding hydrogens is 411 g/mol. The van der Waals surface area contributed by atoms with Crippen molar-refractivity contribution in [2.24, 2.45) is 0 Å². The number of benzene rings is 2. The third-order valence-corrected chi connectivity index (χ3v) is 5.41. The maximum absolute atomic E-state index is 12.9. The van der Waals surface area contributed by atoms with Gasteiger partial charge in [0.05, 0.1) is 11.6 Å². The second-order valence-corrected chi connectivity index (χ2v) is 8.02. The zero-order chi connectivity index (χ0) is 21.1. The van der Waals surface area contributed by atoms with Gasteiger partial charge < -0.3 is 14.9 Å². The van der Waals surface area contributed by atoms with Crippen LogP contribution < -0.4 is 0 Å². The monoisotopic (exact) mass is 432 g/mol. The van der Waals surface area contributed by atoms with Crippen LogP contribution in [0.1, 0.15) is 23.6 Å². The van der Waals surface area contributed by atoms with Crippen molar-refractivity contribution in [1.82, 2.24) is 9.80 Å². The van der Waals surface area contributed by atoms with E-state index >= 15 is 0 Å². The summed E-state index contributed by atoms with van der Waals surface area (Å²) in [6.45, 7) is 1.11. The number of carbonyl (C=O) groups is 2. The summed E-state index contributed by atoms with van der Waals surface area (Å²) < 4.78 is 0. The summed E-state index contributed by atoms with van der Waals surface area (Å²) in [4.78, 5) is 29.2. The molecular formula is C22H22Cl2N2O3. The van der Waals surface area contributed by atoms with E-state index in [-0.39, 0.29) is 11.3 Å². The largest absolute Gasteiger partial charge is 0.507 e. The number of aliphatic hydroxyl groups is 1. The van der Waals surface area contributed by atoms with Crippen molar-refractivity contribution in [3.63, 3.8) is 0 Å². The Morgan fingerprint density at radius 1 is 1.10 bits per heavy atom. The zero-order valence-corrected chi connectivity index (χ0v) is 17.7. The van der Waals surface area contributed by atoms with E-state index in [1.54, 1.807) is 42.5 Å². The van der Waals surface area contributed by atoms with Gasteiger partial charge in [0.15, 0.2) is 0 Å². The van der Waals surface area contributed by atoms with Gasteiger partial charge in [-0.2, -0.15) is 0 Å². The van der Waals surface area contributed by atoms with Crippen LogP contribution in [0.5, 0.6) is 0 Å². The number of rotatable bonds is 6. The van der Waals surface area contributed by atoms with Crippen LogP contribution >= 0.6 is 23.2 Å². The molecule has 3 rings (SSSR count). The molecule has 1 fully saturated rings. The fourth-order valence-electron chi connectivity index (χ4n) is 3.47. The summed E-state index contributed by atoms with van der Waals surface area (Å²) in [5, 5.41) is 11.7. The Hall–Kier alpha value is -2.34. The van der Waals surface area contributed by atoms with Gasteiger partial charge in [0.1, 0.15) is 5.76 Å². The van der Waals surface area contributed by atoms with Crippen molar-refractivity contribution in [3.05, 3.63) is 75.3 Å². The van der Waals surface area contributed by atoms with Gasteiger partial charge in [0.25, 0.3) is 11.7 Å². The van der Waals surface area contributed by atoms with Crippen molar-refractivity contribution < 1.29 is 14.7 Å². The lowest BCUT2D eigenvalue weighted by molar-refractivity contribution is -0.139. The van der Waals surface area contributed by atoms with Crippen LogP contribution in [0.15, 0.2) is 54.1 Å². The Kier molecular flexibility index (Phi) is 6.63. The van der Waals surface area contributed by atoms with E-state index < -0.39 is 17.7 Å². The summed E-state index contributed by atoms with van der Waals surface area (Å²) >= 11 is 12.5. The summed E-state index contributed by atoms with van der Waals surface area (Å²) in [5.74, 6) is -1.57. The second kappa shape index (κ2) is 8.99. The van der Waals surface area contributed by atoms with Crippen LogP contribution in [0.2, 0.25) is 10.0 Å². The minimum atomic E-state index is -0.776. The number of Topliss-reactive ketones (excluding diaryl/α,β-unsaturated/α-hetero) is 1. The number of carbonyl (C=O) groups excluding carboxylic acids is 2. The van der Waals surface area contributed by atoms with Crippen molar-refractivity contribution in [1.29, 1.82) is 0 Å². The molecule has 0 bridgehead atoms. The van der Waals surface area contributed by atoms with Crippen molar-refractivity contribution in [3.8, 4) is 0 Å². The highest BCUT2D eigenvalue weighted by molar-refractivity contribution is 6.47. The lowest BCUT2D eigenvalue weighted by Gasteiger charge is -2.26. The lowest BCUT2D eigenvalue weighted by Crippen LogP contribution is -2.32. The molecule has 0 radical (unpaired) electrons. The smallest absolute Gasteiger partial charge is 0.295 e. The number of amides is 1. The van der Waals surface area contributed by atoms with Gasteiger partial charge in [-0.05, 0) is 44.8 Å². The van der Waals surface area contributed by atoms with Crippen molar-refractivity contribution in [2.75, 3.05) is 27.2 Å². The third-order valence-electron chi connectivity index (χ3n) is 4.85. The van der Waals surface area contributed by atoms with E-state index in [0.29, 0.717) is 34.1 Å². The number of hydrogen-bond donors (Lipinski definition) is 1. The standard InChI is InChI=1S/C22H22Cl2N2O3/c1-25(2)11-6-12-26-19(16-10-9-15(23)13-17(16)24)18(21(28)22(26)29)20(27)14-7-4-3-5-8-14/h3-5,7-10,13,19,27H,6,11-12H2,1-2H3. The molecule has 1 N–H and O–H groups in total. The van der Waals surface area contributed by atoms with Crippen LogP contribution in [-0.4, -0.2) is 53.8 Å². The van der Waals surface area contributed by atoms with Gasteiger partial charge >= 0.3 is 0 Å². The van der Waals surface area contributed by atoms with Crippen LogP contribution in [0.3, 0.4) is 0 Å². The molecule has 0 aliphatic carbocycles. The predicted molar refractivity (Wildman–Crippen MR) is 115 cm³/mol. The molecule has 1 aliphatic rings. The Bertz CT molecular complexity index is 958. The molecule has 29 heavy (non-hydrogen) atoms. The van der Waals surface area contributed by atoms with Crippen molar-refractivity contribution in [2.45, 2.75) is 12.5 Å². The molecule has 1 saturated heterocycles. The molecule has 2 aromatic carbocycles. The summed E-state index contributed by atoms with van der Waals surface area (Å²) in [5.41, 5.74) is 1.06. The van der Waals surface area contributed by atoms with E-state index in [0.717, 1.165) is 6.54 Å². The second-order valence-electron chi connectivity index (χ2n) is 7.18. The van der Waals surface area contributed by atoms with Gasteiger partial charge in [0, 0.05) is 22.2 Å². The average Bonchev–Trinajstić information content (AvgIpc) is 2.93. The molecule has 152 valence electrons. The number of hydrogen-bond acceptors (Lipinski definition) is 4. The Morgan fingerprint density at radius 3 is 2.41 bits per heavy atom. The van der Waals surface area contributed by atoms with Crippen LogP contribution in [-0.2, 0) is 9.59 Å².